The van der Waals surface area contributed by atoms with Crippen molar-refractivity contribution < 1.29 is 9.53 Å². The van der Waals surface area contributed by atoms with Crippen molar-refractivity contribution in [3.05, 3.63) is 95.7 Å². The lowest BCUT2D eigenvalue weighted by atomic mass is 9.90. The highest BCUT2D eigenvalue weighted by Crippen LogP contribution is 2.32. The van der Waals surface area contributed by atoms with Crippen molar-refractivity contribution in [2.24, 2.45) is 0 Å². The second-order valence-corrected chi connectivity index (χ2v) is 8.61. The molecule has 0 spiro atoms. The number of methoxy groups -OCH3 is 1. The van der Waals surface area contributed by atoms with Crippen LogP contribution in [-0.4, -0.2) is 37.1 Å². The van der Waals surface area contributed by atoms with Gasteiger partial charge in [-0.1, -0.05) is 48.5 Å². The summed E-state index contributed by atoms with van der Waals surface area (Å²) < 4.78 is 5.35. The Kier molecular flexibility index (Phi) is 5.88. The number of carbonyl (C=O) groups is 1. The number of hydrogen-bond donors (Lipinski definition) is 2. The molecule has 5 heteroatoms. The molecule has 1 aliphatic heterocycles. The lowest BCUT2D eigenvalue weighted by molar-refractivity contribution is -0.120. The van der Waals surface area contributed by atoms with E-state index in [0.29, 0.717) is 6.54 Å². The van der Waals surface area contributed by atoms with Gasteiger partial charge in [-0.25, -0.2) is 0 Å². The smallest absolute Gasteiger partial charge is 0.243 e. The van der Waals surface area contributed by atoms with Gasteiger partial charge in [-0.15, -0.1) is 0 Å². The number of nitrogens with one attached hydrogen (secondary N) is 2. The Bertz CT molecular complexity index is 1260. The molecule has 168 valence electrons. The van der Waals surface area contributed by atoms with E-state index in [9.17, 15) is 4.79 Å². The van der Waals surface area contributed by atoms with Gasteiger partial charge in [0.2, 0.25) is 5.91 Å². The first kappa shape index (κ1) is 21.3. The van der Waals surface area contributed by atoms with Crippen LogP contribution in [0.15, 0.2) is 79.0 Å². The molecule has 0 radical (unpaired) electrons. The fourth-order valence-electron chi connectivity index (χ4n) is 4.81. The van der Waals surface area contributed by atoms with Crippen LogP contribution in [0.5, 0.6) is 5.75 Å². The number of amides is 1. The summed E-state index contributed by atoms with van der Waals surface area (Å²) in [6, 6.07) is 24.4. The fraction of sp³-hybridized carbons (Fsp3) is 0.250. The summed E-state index contributed by atoms with van der Waals surface area (Å²) >= 11 is 0. The zero-order valence-corrected chi connectivity index (χ0v) is 19.0. The minimum atomic E-state index is -0.290. The first-order chi connectivity index (χ1) is 16.2. The molecule has 0 aliphatic carbocycles. The number of aromatic amines is 1. The van der Waals surface area contributed by atoms with E-state index >= 15 is 0 Å². The molecule has 2 N–H and O–H groups in total. The Morgan fingerprint density at radius 1 is 1.06 bits per heavy atom. The van der Waals surface area contributed by atoms with Crippen molar-refractivity contribution >= 4 is 22.5 Å². The quantitative estimate of drug-likeness (QED) is 0.432. The molecule has 4 aromatic rings. The number of ether oxygens (including phenoxy) is 1. The fourth-order valence-corrected chi connectivity index (χ4v) is 4.81. The molecule has 5 nitrogen and oxygen atoms in total. The molecule has 1 aliphatic rings. The summed E-state index contributed by atoms with van der Waals surface area (Å²) in [5.41, 5.74) is 5.80. The van der Waals surface area contributed by atoms with E-state index in [1.807, 2.05) is 48.2 Å². The first-order valence-corrected chi connectivity index (χ1v) is 11.5. The minimum absolute atomic E-state index is 0.0909. The number of H-pyrrole nitrogens is 1. The van der Waals surface area contributed by atoms with Crippen LogP contribution in [0.2, 0.25) is 0 Å². The molecule has 5 rings (SSSR count). The third kappa shape index (κ3) is 4.12. The van der Waals surface area contributed by atoms with E-state index in [0.717, 1.165) is 29.9 Å². The van der Waals surface area contributed by atoms with Gasteiger partial charge in [-0.2, -0.15) is 0 Å². The second kappa shape index (κ2) is 9.12. The molecule has 0 fully saturated rings. The Morgan fingerprint density at radius 3 is 2.64 bits per heavy atom. The van der Waals surface area contributed by atoms with Gasteiger partial charge in [0, 0.05) is 41.8 Å². The maximum absolute atomic E-state index is 13.3. The van der Waals surface area contributed by atoms with Crippen LogP contribution < -0.4 is 15.0 Å². The molecule has 0 unspecified atom stereocenters. The Balaban J connectivity index is 1.39. The zero-order chi connectivity index (χ0) is 22.8. The number of carbonyl (C=O) groups excluding carboxylic acids is 1. The summed E-state index contributed by atoms with van der Waals surface area (Å²) in [6.45, 7) is 3.36. The molecule has 2 atom stereocenters. The van der Waals surface area contributed by atoms with Crippen molar-refractivity contribution in [3.63, 3.8) is 0 Å². The predicted octanol–water partition coefficient (Wildman–Crippen LogP) is 4.88. The van der Waals surface area contributed by atoms with Crippen LogP contribution in [0, 0.1) is 0 Å². The number of fused-ring (bicyclic) bond motifs is 2. The number of anilines is 1. The van der Waals surface area contributed by atoms with Crippen LogP contribution in [-0.2, 0) is 11.2 Å². The van der Waals surface area contributed by atoms with E-state index in [1.165, 1.54) is 22.1 Å². The van der Waals surface area contributed by atoms with Crippen LogP contribution in [0.3, 0.4) is 0 Å². The summed E-state index contributed by atoms with van der Waals surface area (Å²) in [5, 5.41) is 4.74. The largest absolute Gasteiger partial charge is 0.497 e. The minimum Gasteiger partial charge on any atom is -0.497 e. The highest BCUT2D eigenvalue weighted by Gasteiger charge is 2.28. The van der Waals surface area contributed by atoms with Crippen LogP contribution >= 0.6 is 0 Å². The monoisotopic (exact) mass is 439 g/mol. The number of hydrogen-bond acceptors (Lipinski definition) is 3. The molecule has 0 saturated carbocycles. The lowest BCUT2D eigenvalue weighted by Gasteiger charge is -2.25. The summed E-state index contributed by atoms with van der Waals surface area (Å²) in [7, 11) is 1.68. The van der Waals surface area contributed by atoms with Crippen molar-refractivity contribution in [2.45, 2.75) is 25.3 Å². The van der Waals surface area contributed by atoms with Gasteiger partial charge in [0.1, 0.15) is 5.75 Å². The van der Waals surface area contributed by atoms with Crippen LogP contribution in [0.4, 0.5) is 5.69 Å². The highest BCUT2D eigenvalue weighted by molar-refractivity contribution is 5.98. The third-order valence-electron chi connectivity index (χ3n) is 6.67. The van der Waals surface area contributed by atoms with E-state index in [-0.39, 0.29) is 17.9 Å². The number of para-hydroxylation sites is 2. The molecule has 1 aromatic heterocycles. The molecule has 33 heavy (non-hydrogen) atoms. The van der Waals surface area contributed by atoms with Crippen molar-refractivity contribution in [1.82, 2.24) is 10.3 Å². The maximum Gasteiger partial charge on any atom is 0.243 e. The standard InChI is InChI=1S/C28H29N3O2/c1-19(28(32)31-16-15-21-7-3-6-10-27(21)31)29-17-24(20-11-13-22(33-2)14-12-20)25-18-30-26-9-5-4-8-23(25)26/h3-14,18-19,24,29-30H,15-17H2,1-2H3/t19-,24+/m0/s1. The molecule has 2 heterocycles. The predicted molar refractivity (Wildman–Crippen MR) is 133 cm³/mol. The van der Waals surface area contributed by atoms with Gasteiger partial charge in [-0.3, -0.25) is 4.79 Å². The summed E-state index contributed by atoms with van der Waals surface area (Å²) in [6.07, 6.45) is 3.00. The van der Waals surface area contributed by atoms with Crippen molar-refractivity contribution in [3.8, 4) is 5.75 Å². The number of nitrogens with zero attached hydrogens (tertiary/aromatic N) is 1. The van der Waals surface area contributed by atoms with E-state index in [1.54, 1.807) is 7.11 Å². The maximum atomic E-state index is 13.3. The van der Waals surface area contributed by atoms with Gasteiger partial charge >= 0.3 is 0 Å². The molecule has 3 aromatic carbocycles. The molecule has 0 bridgehead atoms. The second-order valence-electron chi connectivity index (χ2n) is 8.61. The highest BCUT2D eigenvalue weighted by atomic mass is 16.5. The van der Waals surface area contributed by atoms with Crippen LogP contribution in [0.25, 0.3) is 10.9 Å². The normalized spacial score (nSPS) is 14.8. The van der Waals surface area contributed by atoms with Crippen molar-refractivity contribution in [2.75, 3.05) is 25.1 Å². The van der Waals surface area contributed by atoms with Gasteiger partial charge < -0.3 is 19.9 Å². The van der Waals surface area contributed by atoms with Gasteiger partial charge in [0.05, 0.1) is 13.2 Å². The molecular weight excluding hydrogens is 410 g/mol. The molecule has 0 saturated heterocycles. The number of benzene rings is 3. The Hall–Kier alpha value is -3.57. The third-order valence-corrected chi connectivity index (χ3v) is 6.67. The average molecular weight is 440 g/mol. The topological polar surface area (TPSA) is 57.4 Å². The van der Waals surface area contributed by atoms with E-state index in [2.05, 4.69) is 52.9 Å². The van der Waals surface area contributed by atoms with E-state index in [4.69, 9.17) is 4.74 Å². The van der Waals surface area contributed by atoms with E-state index < -0.39 is 0 Å². The summed E-state index contributed by atoms with van der Waals surface area (Å²) in [4.78, 5) is 18.6. The number of rotatable bonds is 7. The first-order valence-electron chi connectivity index (χ1n) is 11.5. The molecule has 1 amide bonds. The van der Waals surface area contributed by atoms with Crippen LogP contribution in [0.1, 0.15) is 29.5 Å². The number of aromatic nitrogens is 1. The van der Waals surface area contributed by atoms with Gasteiger partial charge in [0.25, 0.3) is 0 Å². The van der Waals surface area contributed by atoms with Gasteiger partial charge in [-0.05, 0) is 54.3 Å². The Labute approximate surface area is 194 Å². The lowest BCUT2D eigenvalue weighted by Crippen LogP contribution is -2.45. The average Bonchev–Trinajstić information content (AvgIpc) is 3.49. The molecular formula is C28H29N3O2. The Morgan fingerprint density at radius 2 is 1.82 bits per heavy atom. The SMILES string of the molecule is COc1ccc([C@@H](CN[C@@H](C)C(=O)N2CCc3ccccc32)c2c[nH]c3ccccc23)cc1. The van der Waals surface area contributed by atoms with Gasteiger partial charge in [0.15, 0.2) is 0 Å². The summed E-state index contributed by atoms with van der Waals surface area (Å²) in [5.74, 6) is 1.04. The zero-order valence-electron chi connectivity index (χ0n) is 19.0. The van der Waals surface area contributed by atoms with Crippen molar-refractivity contribution in [1.29, 1.82) is 0 Å².